The number of nitrogens with one attached hydrogen (secondary N) is 1. The Balaban J connectivity index is 2.18. The van der Waals surface area contributed by atoms with Crippen molar-refractivity contribution in [2.75, 3.05) is 11.4 Å². The predicted octanol–water partition coefficient (Wildman–Crippen LogP) is 1.42. The van der Waals surface area contributed by atoms with Gasteiger partial charge in [-0.25, -0.2) is 4.79 Å². The quantitative estimate of drug-likeness (QED) is 0.853. The number of carboxylic acid groups (broad SMARTS) is 1. The van der Waals surface area contributed by atoms with E-state index < -0.39 is 12.0 Å². The molecule has 108 valence electrons. The molecule has 0 saturated carbocycles. The van der Waals surface area contributed by atoms with Crippen molar-refractivity contribution < 1.29 is 14.7 Å². The van der Waals surface area contributed by atoms with Gasteiger partial charge in [0.1, 0.15) is 6.04 Å². The van der Waals surface area contributed by atoms with Crippen LogP contribution in [0.1, 0.15) is 25.8 Å². The lowest BCUT2D eigenvalue weighted by molar-refractivity contribution is -0.139. The van der Waals surface area contributed by atoms with Gasteiger partial charge in [-0.15, -0.1) is 0 Å². The molecule has 1 heterocycles. The number of anilines is 1. The SMILES string of the molecule is CCC(C)NCC(=O)N1c2ccccc2CC1C(=O)O. The van der Waals surface area contributed by atoms with Crippen molar-refractivity contribution in [1.29, 1.82) is 0 Å². The fourth-order valence-corrected chi connectivity index (χ4v) is 2.38. The first-order valence-corrected chi connectivity index (χ1v) is 6.90. The van der Waals surface area contributed by atoms with Gasteiger partial charge in [-0.1, -0.05) is 25.1 Å². The average Bonchev–Trinajstić information content (AvgIpc) is 2.84. The van der Waals surface area contributed by atoms with Crippen molar-refractivity contribution in [3.05, 3.63) is 29.8 Å². The molecule has 1 aliphatic heterocycles. The second kappa shape index (κ2) is 6.05. The van der Waals surface area contributed by atoms with E-state index in [9.17, 15) is 14.7 Å². The summed E-state index contributed by atoms with van der Waals surface area (Å²) in [6, 6.07) is 6.81. The normalized spacial score (nSPS) is 18.7. The number of amides is 1. The minimum Gasteiger partial charge on any atom is -0.480 e. The lowest BCUT2D eigenvalue weighted by Gasteiger charge is -2.23. The molecule has 2 rings (SSSR count). The van der Waals surface area contributed by atoms with E-state index in [1.54, 1.807) is 6.07 Å². The molecule has 0 radical (unpaired) electrons. The number of nitrogens with zero attached hydrogens (tertiary/aromatic N) is 1. The zero-order valence-electron chi connectivity index (χ0n) is 11.8. The molecule has 0 spiro atoms. The third-order valence-electron chi connectivity index (χ3n) is 3.74. The summed E-state index contributed by atoms with van der Waals surface area (Å²) in [6.07, 6.45) is 1.30. The maximum Gasteiger partial charge on any atom is 0.327 e. The third kappa shape index (κ3) is 2.82. The molecule has 2 unspecified atom stereocenters. The van der Waals surface area contributed by atoms with Crippen LogP contribution in [0, 0.1) is 0 Å². The molecular formula is C15H20N2O3. The summed E-state index contributed by atoms with van der Waals surface area (Å²) in [5, 5.41) is 12.4. The van der Waals surface area contributed by atoms with Crippen molar-refractivity contribution in [2.45, 2.75) is 38.8 Å². The van der Waals surface area contributed by atoms with Crippen LogP contribution in [0.2, 0.25) is 0 Å². The van der Waals surface area contributed by atoms with Gasteiger partial charge in [-0.05, 0) is 25.0 Å². The van der Waals surface area contributed by atoms with Crippen molar-refractivity contribution in [2.24, 2.45) is 0 Å². The highest BCUT2D eigenvalue weighted by Crippen LogP contribution is 2.32. The van der Waals surface area contributed by atoms with Gasteiger partial charge in [0.05, 0.1) is 6.54 Å². The van der Waals surface area contributed by atoms with Crippen LogP contribution < -0.4 is 10.2 Å². The summed E-state index contributed by atoms with van der Waals surface area (Å²) in [4.78, 5) is 25.1. The van der Waals surface area contributed by atoms with Crippen molar-refractivity contribution >= 4 is 17.6 Å². The molecule has 2 N–H and O–H groups in total. The molecule has 0 saturated heterocycles. The van der Waals surface area contributed by atoms with Crippen LogP contribution in [0.5, 0.6) is 0 Å². The van der Waals surface area contributed by atoms with E-state index in [0.717, 1.165) is 17.7 Å². The number of hydrogen-bond donors (Lipinski definition) is 2. The van der Waals surface area contributed by atoms with Crippen LogP contribution in [0.25, 0.3) is 0 Å². The van der Waals surface area contributed by atoms with Crippen LogP contribution >= 0.6 is 0 Å². The molecule has 0 aromatic heterocycles. The number of fused-ring (bicyclic) bond motifs is 1. The van der Waals surface area contributed by atoms with E-state index in [4.69, 9.17) is 0 Å². The third-order valence-corrected chi connectivity index (χ3v) is 3.74. The van der Waals surface area contributed by atoms with E-state index in [-0.39, 0.29) is 18.5 Å². The predicted molar refractivity (Wildman–Crippen MR) is 76.8 cm³/mol. The maximum absolute atomic E-state index is 12.3. The number of rotatable bonds is 5. The summed E-state index contributed by atoms with van der Waals surface area (Å²) in [5.74, 6) is -1.15. The Hall–Kier alpha value is -1.88. The number of carbonyl (C=O) groups excluding carboxylic acids is 1. The first-order chi connectivity index (χ1) is 9.54. The summed E-state index contributed by atoms with van der Waals surface area (Å²) >= 11 is 0. The number of carboxylic acids is 1. The van der Waals surface area contributed by atoms with Gasteiger partial charge >= 0.3 is 5.97 Å². The van der Waals surface area contributed by atoms with Gasteiger partial charge in [0.15, 0.2) is 0 Å². The number of benzene rings is 1. The van der Waals surface area contributed by atoms with Crippen LogP contribution in [0.4, 0.5) is 5.69 Å². The van der Waals surface area contributed by atoms with Gasteiger partial charge in [-0.2, -0.15) is 0 Å². The second-order valence-corrected chi connectivity index (χ2v) is 5.14. The van der Waals surface area contributed by atoms with Crippen LogP contribution in [-0.2, 0) is 16.0 Å². The highest BCUT2D eigenvalue weighted by atomic mass is 16.4. The number of para-hydroxylation sites is 1. The van der Waals surface area contributed by atoms with Crippen molar-refractivity contribution in [3.63, 3.8) is 0 Å². The van der Waals surface area contributed by atoms with E-state index in [0.29, 0.717) is 6.42 Å². The minimum absolute atomic E-state index is 0.160. The van der Waals surface area contributed by atoms with Gasteiger partial charge in [0, 0.05) is 18.2 Å². The molecule has 20 heavy (non-hydrogen) atoms. The molecule has 1 aromatic rings. The standard InChI is InChI=1S/C15H20N2O3/c1-3-10(2)16-9-14(18)17-12-7-5-4-6-11(12)8-13(17)15(19)20/h4-7,10,13,16H,3,8-9H2,1-2H3,(H,19,20). The van der Waals surface area contributed by atoms with Crippen LogP contribution in [0.3, 0.4) is 0 Å². The number of aliphatic carboxylic acids is 1. The van der Waals surface area contributed by atoms with Gasteiger partial charge in [0.2, 0.25) is 5.91 Å². The van der Waals surface area contributed by atoms with Crippen molar-refractivity contribution in [3.8, 4) is 0 Å². The molecule has 1 amide bonds. The van der Waals surface area contributed by atoms with E-state index in [1.165, 1.54) is 4.90 Å². The summed E-state index contributed by atoms with van der Waals surface area (Å²) in [5.41, 5.74) is 1.63. The molecule has 5 heteroatoms. The fourth-order valence-electron chi connectivity index (χ4n) is 2.38. The smallest absolute Gasteiger partial charge is 0.327 e. The fraction of sp³-hybridized carbons (Fsp3) is 0.467. The Bertz CT molecular complexity index is 516. The topological polar surface area (TPSA) is 69.6 Å². The van der Waals surface area contributed by atoms with Crippen LogP contribution in [-0.4, -0.2) is 35.6 Å². The molecular weight excluding hydrogens is 256 g/mol. The molecule has 5 nitrogen and oxygen atoms in total. The van der Waals surface area contributed by atoms with Gasteiger partial charge < -0.3 is 10.4 Å². The zero-order chi connectivity index (χ0) is 14.7. The molecule has 0 aliphatic carbocycles. The van der Waals surface area contributed by atoms with E-state index in [1.807, 2.05) is 32.0 Å². The Morgan fingerprint density at radius 1 is 1.45 bits per heavy atom. The highest BCUT2D eigenvalue weighted by molar-refractivity contribution is 6.02. The highest BCUT2D eigenvalue weighted by Gasteiger charge is 2.37. The number of hydrogen-bond acceptors (Lipinski definition) is 3. The molecule has 2 atom stereocenters. The molecule has 0 bridgehead atoms. The van der Waals surface area contributed by atoms with Crippen LogP contribution in [0.15, 0.2) is 24.3 Å². The summed E-state index contributed by atoms with van der Waals surface area (Å²) in [7, 11) is 0. The summed E-state index contributed by atoms with van der Waals surface area (Å²) < 4.78 is 0. The maximum atomic E-state index is 12.3. The largest absolute Gasteiger partial charge is 0.480 e. The van der Waals surface area contributed by atoms with E-state index >= 15 is 0 Å². The molecule has 0 fully saturated rings. The monoisotopic (exact) mass is 276 g/mol. The van der Waals surface area contributed by atoms with Gasteiger partial charge in [-0.3, -0.25) is 9.69 Å². The van der Waals surface area contributed by atoms with Gasteiger partial charge in [0.25, 0.3) is 0 Å². The molecule has 1 aliphatic rings. The Kier molecular flexibility index (Phi) is 4.39. The Morgan fingerprint density at radius 2 is 2.15 bits per heavy atom. The lowest BCUT2D eigenvalue weighted by atomic mass is 10.1. The second-order valence-electron chi connectivity index (χ2n) is 5.14. The van der Waals surface area contributed by atoms with Crippen molar-refractivity contribution in [1.82, 2.24) is 5.32 Å². The van der Waals surface area contributed by atoms with E-state index in [2.05, 4.69) is 5.32 Å². The summed E-state index contributed by atoms with van der Waals surface area (Å²) in [6.45, 7) is 4.19. The first kappa shape index (κ1) is 14.5. The molecule has 1 aromatic carbocycles. The average molecular weight is 276 g/mol. The Labute approximate surface area is 118 Å². The first-order valence-electron chi connectivity index (χ1n) is 6.90. The minimum atomic E-state index is -0.960. The lowest BCUT2D eigenvalue weighted by Crippen LogP contribution is -2.47. The zero-order valence-corrected chi connectivity index (χ0v) is 11.8. The Morgan fingerprint density at radius 3 is 2.80 bits per heavy atom. The number of carbonyl (C=O) groups is 2.